The van der Waals surface area contributed by atoms with Crippen LogP contribution in [0.2, 0.25) is 0 Å². The van der Waals surface area contributed by atoms with E-state index in [-0.39, 0.29) is 12.5 Å². The average Bonchev–Trinajstić information content (AvgIpc) is 2.70. The minimum absolute atomic E-state index is 0.0147. The lowest BCUT2D eigenvalue weighted by molar-refractivity contribution is -0.127. The Morgan fingerprint density at radius 2 is 2.07 bits per heavy atom. The van der Waals surface area contributed by atoms with E-state index in [1.54, 1.807) is 19.0 Å². The molecule has 0 radical (unpaired) electrons. The van der Waals surface area contributed by atoms with E-state index in [1.807, 2.05) is 6.92 Å². The van der Waals surface area contributed by atoms with Crippen molar-refractivity contribution in [3.05, 3.63) is 35.9 Å². The molecule has 156 valence electrons. The standard InChI is InChI=1S/C22H36N4O2/c1-5-28-15-9-13-23-22(24-16-21(27)25(3)4)26-14-12-20(18(2)17-26)19-10-7-6-8-11-19/h6-8,10-11,18,20H,5,9,12-17H2,1-4H3,(H,23,24). The first kappa shape index (κ1) is 22.2. The Morgan fingerprint density at radius 3 is 2.71 bits per heavy atom. The monoisotopic (exact) mass is 388 g/mol. The Bertz CT molecular complexity index is 618. The summed E-state index contributed by atoms with van der Waals surface area (Å²) >= 11 is 0. The predicted molar refractivity (Wildman–Crippen MR) is 115 cm³/mol. The van der Waals surface area contributed by atoms with Gasteiger partial charge in [0.1, 0.15) is 6.54 Å². The van der Waals surface area contributed by atoms with Gasteiger partial charge in [-0.1, -0.05) is 37.3 Å². The van der Waals surface area contributed by atoms with Gasteiger partial charge in [0.15, 0.2) is 5.96 Å². The molecule has 2 atom stereocenters. The summed E-state index contributed by atoms with van der Waals surface area (Å²) < 4.78 is 5.42. The van der Waals surface area contributed by atoms with Gasteiger partial charge in [-0.2, -0.15) is 0 Å². The number of likely N-dealkylation sites (N-methyl/N-ethyl adjacent to an activating group) is 1. The highest BCUT2D eigenvalue weighted by atomic mass is 16.5. The third kappa shape index (κ3) is 6.82. The molecular weight excluding hydrogens is 352 g/mol. The minimum atomic E-state index is 0.0147. The smallest absolute Gasteiger partial charge is 0.243 e. The maximum Gasteiger partial charge on any atom is 0.243 e. The van der Waals surface area contributed by atoms with Crippen LogP contribution in [0, 0.1) is 5.92 Å². The van der Waals surface area contributed by atoms with Crippen molar-refractivity contribution in [3.8, 4) is 0 Å². The zero-order valence-corrected chi connectivity index (χ0v) is 17.9. The fourth-order valence-electron chi connectivity index (χ4n) is 3.60. The minimum Gasteiger partial charge on any atom is -0.382 e. The summed E-state index contributed by atoms with van der Waals surface area (Å²) in [4.78, 5) is 20.5. The number of hydrogen-bond acceptors (Lipinski definition) is 3. The van der Waals surface area contributed by atoms with Gasteiger partial charge in [-0.05, 0) is 37.2 Å². The number of amides is 1. The molecule has 6 heteroatoms. The fourth-order valence-corrected chi connectivity index (χ4v) is 3.60. The summed E-state index contributed by atoms with van der Waals surface area (Å²) in [5, 5.41) is 3.44. The molecule has 1 aliphatic rings. The van der Waals surface area contributed by atoms with E-state index in [0.29, 0.717) is 11.8 Å². The lowest BCUT2D eigenvalue weighted by atomic mass is 9.82. The van der Waals surface area contributed by atoms with Gasteiger partial charge in [0, 0.05) is 46.9 Å². The van der Waals surface area contributed by atoms with E-state index >= 15 is 0 Å². The van der Waals surface area contributed by atoms with Crippen molar-refractivity contribution in [3.63, 3.8) is 0 Å². The Balaban J connectivity index is 1.99. The number of guanidine groups is 1. The zero-order valence-electron chi connectivity index (χ0n) is 17.9. The number of hydrogen-bond donors (Lipinski definition) is 1. The Morgan fingerprint density at radius 1 is 1.32 bits per heavy atom. The van der Waals surface area contributed by atoms with Gasteiger partial charge in [-0.3, -0.25) is 4.79 Å². The highest BCUT2D eigenvalue weighted by molar-refractivity contribution is 5.85. The normalized spacial score (nSPS) is 20.1. The van der Waals surface area contributed by atoms with Crippen LogP contribution in [0.25, 0.3) is 0 Å². The maximum absolute atomic E-state index is 12.0. The molecule has 1 saturated heterocycles. The molecule has 1 N–H and O–H groups in total. The summed E-state index contributed by atoms with van der Waals surface area (Å²) in [6, 6.07) is 10.8. The number of carbonyl (C=O) groups excluding carboxylic acids is 1. The Kier molecular flexibility index (Phi) is 9.28. The highest BCUT2D eigenvalue weighted by Gasteiger charge is 2.28. The summed E-state index contributed by atoms with van der Waals surface area (Å²) in [5.74, 6) is 1.95. The first-order valence-corrected chi connectivity index (χ1v) is 10.4. The number of carbonyl (C=O) groups is 1. The third-order valence-corrected chi connectivity index (χ3v) is 5.25. The van der Waals surface area contributed by atoms with Gasteiger partial charge < -0.3 is 19.9 Å². The van der Waals surface area contributed by atoms with E-state index in [2.05, 4.69) is 52.5 Å². The van der Waals surface area contributed by atoms with E-state index in [1.165, 1.54) is 5.56 Å². The fraction of sp³-hybridized carbons (Fsp3) is 0.636. The van der Waals surface area contributed by atoms with Gasteiger partial charge in [0.25, 0.3) is 0 Å². The summed E-state index contributed by atoms with van der Waals surface area (Å²) in [7, 11) is 3.53. The quantitative estimate of drug-likeness (QED) is 0.422. The van der Waals surface area contributed by atoms with Crippen molar-refractivity contribution in [2.75, 3.05) is 53.5 Å². The second-order valence-electron chi connectivity index (χ2n) is 7.63. The molecule has 1 amide bonds. The summed E-state index contributed by atoms with van der Waals surface area (Å²) in [5.41, 5.74) is 1.42. The highest BCUT2D eigenvalue weighted by Crippen LogP contribution is 2.32. The van der Waals surface area contributed by atoms with Crippen LogP contribution in [0.5, 0.6) is 0 Å². The van der Waals surface area contributed by atoms with Crippen molar-refractivity contribution in [1.82, 2.24) is 15.1 Å². The zero-order chi connectivity index (χ0) is 20.4. The molecule has 1 aromatic carbocycles. The van der Waals surface area contributed by atoms with Gasteiger partial charge in [0.2, 0.25) is 5.91 Å². The lowest BCUT2D eigenvalue weighted by Gasteiger charge is -2.39. The molecule has 0 aliphatic carbocycles. The largest absolute Gasteiger partial charge is 0.382 e. The van der Waals surface area contributed by atoms with Crippen LogP contribution in [0.3, 0.4) is 0 Å². The summed E-state index contributed by atoms with van der Waals surface area (Å²) in [6.07, 6.45) is 2.01. The number of aliphatic imine (C=N–C) groups is 1. The predicted octanol–water partition coefficient (Wildman–Crippen LogP) is 2.57. The maximum atomic E-state index is 12.0. The molecule has 0 spiro atoms. The van der Waals surface area contributed by atoms with Crippen molar-refractivity contribution in [1.29, 1.82) is 0 Å². The molecule has 2 rings (SSSR count). The number of likely N-dealkylation sites (tertiary alicyclic amines) is 1. The van der Waals surface area contributed by atoms with Crippen LogP contribution in [-0.4, -0.2) is 75.2 Å². The second-order valence-corrected chi connectivity index (χ2v) is 7.63. The van der Waals surface area contributed by atoms with E-state index in [0.717, 1.165) is 51.6 Å². The Labute approximate surface area is 170 Å². The molecule has 6 nitrogen and oxygen atoms in total. The van der Waals surface area contributed by atoms with Crippen LogP contribution in [0.4, 0.5) is 0 Å². The van der Waals surface area contributed by atoms with Crippen LogP contribution in [0.15, 0.2) is 35.3 Å². The first-order chi connectivity index (χ1) is 13.5. The van der Waals surface area contributed by atoms with Crippen molar-refractivity contribution in [2.24, 2.45) is 10.9 Å². The third-order valence-electron chi connectivity index (χ3n) is 5.25. The number of rotatable bonds is 8. The molecule has 0 saturated carbocycles. The molecule has 0 aromatic heterocycles. The Hall–Kier alpha value is -2.08. The van der Waals surface area contributed by atoms with E-state index in [9.17, 15) is 4.79 Å². The molecule has 1 aliphatic heterocycles. The summed E-state index contributed by atoms with van der Waals surface area (Å²) in [6.45, 7) is 8.63. The van der Waals surface area contributed by atoms with E-state index < -0.39 is 0 Å². The van der Waals surface area contributed by atoms with Crippen molar-refractivity contribution < 1.29 is 9.53 Å². The number of benzene rings is 1. The van der Waals surface area contributed by atoms with E-state index in [4.69, 9.17) is 4.74 Å². The van der Waals surface area contributed by atoms with Gasteiger partial charge in [0.05, 0.1) is 0 Å². The van der Waals surface area contributed by atoms with Crippen molar-refractivity contribution in [2.45, 2.75) is 32.6 Å². The molecule has 2 unspecified atom stereocenters. The molecule has 0 bridgehead atoms. The topological polar surface area (TPSA) is 57.2 Å². The van der Waals surface area contributed by atoms with Crippen LogP contribution < -0.4 is 5.32 Å². The average molecular weight is 389 g/mol. The first-order valence-electron chi connectivity index (χ1n) is 10.4. The van der Waals surface area contributed by atoms with Gasteiger partial charge in [-0.25, -0.2) is 4.99 Å². The SMILES string of the molecule is CCOCCCNC(=NCC(=O)N(C)C)N1CCC(c2ccccc2)C(C)C1. The number of piperidine rings is 1. The number of ether oxygens (including phenoxy) is 1. The second kappa shape index (κ2) is 11.7. The lowest BCUT2D eigenvalue weighted by Crippen LogP contribution is -2.48. The van der Waals surface area contributed by atoms with Gasteiger partial charge >= 0.3 is 0 Å². The molecule has 1 fully saturated rings. The van der Waals surface area contributed by atoms with Gasteiger partial charge in [-0.15, -0.1) is 0 Å². The number of nitrogens with zero attached hydrogens (tertiary/aromatic N) is 3. The van der Waals surface area contributed by atoms with Crippen LogP contribution in [0.1, 0.15) is 38.2 Å². The number of nitrogens with one attached hydrogen (secondary N) is 1. The van der Waals surface area contributed by atoms with Crippen LogP contribution in [-0.2, 0) is 9.53 Å². The molecule has 1 heterocycles. The van der Waals surface area contributed by atoms with Crippen molar-refractivity contribution >= 4 is 11.9 Å². The molecular formula is C22H36N4O2. The molecule has 28 heavy (non-hydrogen) atoms. The molecule has 1 aromatic rings. The van der Waals surface area contributed by atoms with Crippen LogP contribution >= 0.6 is 0 Å².